The van der Waals surface area contributed by atoms with Crippen LogP contribution in [0.2, 0.25) is 5.02 Å². The highest BCUT2D eigenvalue weighted by molar-refractivity contribution is 6.31. The van der Waals surface area contributed by atoms with Crippen LogP contribution in [0, 0.1) is 5.41 Å². The summed E-state index contributed by atoms with van der Waals surface area (Å²) in [5.74, 6) is -0.128. The fourth-order valence-electron chi connectivity index (χ4n) is 3.20. The van der Waals surface area contributed by atoms with Crippen LogP contribution in [0.4, 0.5) is 0 Å². The monoisotopic (exact) mass is 293 g/mol. The van der Waals surface area contributed by atoms with Gasteiger partial charge in [0, 0.05) is 17.5 Å². The Labute approximate surface area is 121 Å². The number of carbonyl (C=O) groups is 1. The molecule has 0 unspecified atom stereocenters. The molecule has 1 aromatic carbocycles. The molecule has 1 heterocycles. The van der Waals surface area contributed by atoms with Crippen LogP contribution < -0.4 is 0 Å². The first-order valence-corrected chi connectivity index (χ1v) is 7.21. The van der Waals surface area contributed by atoms with Gasteiger partial charge in [-0.15, -0.1) is 0 Å². The number of carboxylic acids is 1. The highest BCUT2D eigenvalue weighted by atomic mass is 35.5. The third-order valence-electron chi connectivity index (χ3n) is 4.11. The molecule has 1 aliphatic rings. The van der Waals surface area contributed by atoms with Crippen LogP contribution in [0.25, 0.3) is 11.1 Å². The zero-order valence-electron chi connectivity index (χ0n) is 11.1. The van der Waals surface area contributed by atoms with E-state index < -0.39 is 5.97 Å². The minimum Gasteiger partial charge on any atom is -0.481 e. The number of aromatic nitrogens is 1. The van der Waals surface area contributed by atoms with E-state index in [2.05, 4.69) is 4.98 Å². The van der Waals surface area contributed by atoms with Crippen molar-refractivity contribution in [3.05, 3.63) is 29.1 Å². The molecule has 20 heavy (non-hydrogen) atoms. The second kappa shape index (κ2) is 5.09. The molecule has 4 nitrogen and oxygen atoms in total. The Morgan fingerprint density at radius 2 is 2.15 bits per heavy atom. The fraction of sp³-hybridized carbons (Fsp3) is 0.467. The molecule has 1 saturated carbocycles. The molecule has 0 saturated heterocycles. The second-order valence-corrected chi connectivity index (χ2v) is 6.11. The maximum Gasteiger partial charge on any atom is 0.303 e. The molecule has 3 rings (SSSR count). The van der Waals surface area contributed by atoms with Crippen LogP contribution in [0.1, 0.15) is 38.0 Å². The molecule has 0 spiro atoms. The summed E-state index contributed by atoms with van der Waals surface area (Å²) in [5.41, 5.74) is 1.24. The highest BCUT2D eigenvalue weighted by Gasteiger charge is 2.37. The first-order chi connectivity index (χ1) is 9.56. The van der Waals surface area contributed by atoms with Crippen molar-refractivity contribution in [2.45, 2.75) is 38.5 Å². The number of halogens is 1. The van der Waals surface area contributed by atoms with Crippen molar-refractivity contribution >= 4 is 28.7 Å². The topological polar surface area (TPSA) is 63.3 Å². The van der Waals surface area contributed by atoms with Gasteiger partial charge in [-0.25, -0.2) is 4.98 Å². The van der Waals surface area contributed by atoms with Crippen molar-refractivity contribution in [1.29, 1.82) is 0 Å². The third kappa shape index (κ3) is 2.66. The summed E-state index contributed by atoms with van der Waals surface area (Å²) in [6, 6.07) is 5.34. The first-order valence-electron chi connectivity index (χ1n) is 6.83. The standard InChI is InChI=1S/C15H16ClNO3/c16-10-3-4-11-12(7-10)20-13(17-11)8-15(9-14(18)19)5-1-2-6-15/h3-4,7H,1-2,5-6,8-9H2,(H,18,19). The van der Waals surface area contributed by atoms with Gasteiger partial charge in [0.1, 0.15) is 5.52 Å². The SMILES string of the molecule is O=C(O)CC1(Cc2nc3ccc(Cl)cc3o2)CCCC1. The minimum atomic E-state index is -0.744. The number of aliphatic carboxylic acids is 1. The van der Waals surface area contributed by atoms with Crippen molar-refractivity contribution in [2.24, 2.45) is 5.41 Å². The van der Waals surface area contributed by atoms with Crippen LogP contribution >= 0.6 is 11.6 Å². The first kappa shape index (κ1) is 13.4. The highest BCUT2D eigenvalue weighted by Crippen LogP contribution is 2.44. The summed E-state index contributed by atoms with van der Waals surface area (Å²) in [6.07, 6.45) is 4.80. The van der Waals surface area contributed by atoms with Gasteiger partial charge in [0.15, 0.2) is 11.5 Å². The van der Waals surface area contributed by atoms with Crippen molar-refractivity contribution in [3.63, 3.8) is 0 Å². The maximum absolute atomic E-state index is 11.1. The fourth-order valence-corrected chi connectivity index (χ4v) is 3.37. The summed E-state index contributed by atoms with van der Waals surface area (Å²) in [7, 11) is 0. The van der Waals surface area contributed by atoms with E-state index in [1.54, 1.807) is 12.1 Å². The minimum absolute atomic E-state index is 0.187. The summed E-state index contributed by atoms with van der Waals surface area (Å²) < 4.78 is 5.73. The number of hydrogen-bond donors (Lipinski definition) is 1. The van der Waals surface area contributed by atoms with E-state index >= 15 is 0 Å². The number of rotatable bonds is 4. The lowest BCUT2D eigenvalue weighted by atomic mass is 9.79. The smallest absolute Gasteiger partial charge is 0.303 e. The summed E-state index contributed by atoms with van der Waals surface area (Å²) in [6.45, 7) is 0. The number of nitrogens with zero attached hydrogens (tertiary/aromatic N) is 1. The van der Waals surface area contributed by atoms with Gasteiger partial charge in [0.25, 0.3) is 0 Å². The van der Waals surface area contributed by atoms with Crippen molar-refractivity contribution in [3.8, 4) is 0 Å². The van der Waals surface area contributed by atoms with Crippen LogP contribution in [0.3, 0.4) is 0 Å². The second-order valence-electron chi connectivity index (χ2n) is 5.67. The zero-order valence-corrected chi connectivity index (χ0v) is 11.8. The molecule has 1 N–H and O–H groups in total. The van der Waals surface area contributed by atoms with Crippen molar-refractivity contribution in [2.75, 3.05) is 0 Å². The number of benzene rings is 1. The summed E-state index contributed by atoms with van der Waals surface area (Å²) >= 11 is 5.93. The van der Waals surface area contributed by atoms with Crippen molar-refractivity contribution < 1.29 is 14.3 Å². The van der Waals surface area contributed by atoms with Gasteiger partial charge >= 0.3 is 5.97 Å². The average molecular weight is 294 g/mol. The molecule has 1 aliphatic carbocycles. The normalized spacial score (nSPS) is 17.6. The molecule has 106 valence electrons. The number of hydrogen-bond acceptors (Lipinski definition) is 3. The lowest BCUT2D eigenvalue weighted by Gasteiger charge is -2.25. The number of fused-ring (bicyclic) bond motifs is 1. The van der Waals surface area contributed by atoms with Gasteiger partial charge in [-0.3, -0.25) is 4.79 Å². The lowest BCUT2D eigenvalue weighted by Crippen LogP contribution is -2.23. The van der Waals surface area contributed by atoms with Gasteiger partial charge in [0.05, 0.1) is 6.42 Å². The third-order valence-corrected chi connectivity index (χ3v) is 4.35. The summed E-state index contributed by atoms with van der Waals surface area (Å²) in [4.78, 5) is 15.6. The Balaban J connectivity index is 1.88. The summed E-state index contributed by atoms with van der Waals surface area (Å²) in [5, 5.41) is 9.74. The Bertz CT molecular complexity index is 644. The molecule has 0 bridgehead atoms. The number of oxazole rings is 1. The Morgan fingerprint density at radius 3 is 2.85 bits per heavy atom. The lowest BCUT2D eigenvalue weighted by molar-refractivity contribution is -0.139. The van der Waals surface area contributed by atoms with E-state index in [0.717, 1.165) is 31.2 Å². The van der Waals surface area contributed by atoms with Crippen LogP contribution in [-0.2, 0) is 11.2 Å². The largest absolute Gasteiger partial charge is 0.481 e. The quantitative estimate of drug-likeness (QED) is 0.923. The molecule has 0 radical (unpaired) electrons. The van der Waals surface area contributed by atoms with E-state index in [0.29, 0.717) is 22.9 Å². The van der Waals surface area contributed by atoms with Crippen LogP contribution in [0.15, 0.2) is 22.6 Å². The van der Waals surface area contributed by atoms with E-state index in [9.17, 15) is 4.79 Å². The molecule has 0 atom stereocenters. The predicted molar refractivity (Wildman–Crippen MR) is 75.9 cm³/mol. The van der Waals surface area contributed by atoms with Crippen LogP contribution in [0.5, 0.6) is 0 Å². The van der Waals surface area contributed by atoms with Gasteiger partial charge in [-0.1, -0.05) is 24.4 Å². The van der Waals surface area contributed by atoms with Gasteiger partial charge in [-0.2, -0.15) is 0 Å². The molecule has 1 aromatic heterocycles. The molecule has 2 aromatic rings. The molecule has 5 heteroatoms. The van der Waals surface area contributed by atoms with E-state index in [1.807, 2.05) is 6.07 Å². The Hall–Kier alpha value is -1.55. The molecule has 1 fully saturated rings. The predicted octanol–water partition coefficient (Wildman–Crippen LogP) is 4.06. The molecule has 0 aliphatic heterocycles. The van der Waals surface area contributed by atoms with E-state index in [1.165, 1.54) is 0 Å². The molecular weight excluding hydrogens is 278 g/mol. The number of carboxylic acid groups (broad SMARTS) is 1. The maximum atomic E-state index is 11.1. The molecular formula is C15H16ClNO3. The Morgan fingerprint density at radius 1 is 1.40 bits per heavy atom. The van der Waals surface area contributed by atoms with E-state index in [-0.39, 0.29) is 11.8 Å². The van der Waals surface area contributed by atoms with E-state index in [4.69, 9.17) is 21.1 Å². The van der Waals surface area contributed by atoms with Crippen molar-refractivity contribution in [1.82, 2.24) is 4.98 Å². The Kier molecular flexibility index (Phi) is 3.42. The molecule has 0 amide bonds. The van der Waals surface area contributed by atoms with Crippen LogP contribution in [-0.4, -0.2) is 16.1 Å². The zero-order chi connectivity index (χ0) is 14.2. The van der Waals surface area contributed by atoms with Gasteiger partial charge in [-0.05, 0) is 30.4 Å². The average Bonchev–Trinajstić information content (AvgIpc) is 2.94. The van der Waals surface area contributed by atoms with Gasteiger partial charge < -0.3 is 9.52 Å². The van der Waals surface area contributed by atoms with Gasteiger partial charge in [0.2, 0.25) is 0 Å².